The van der Waals surface area contributed by atoms with Crippen molar-refractivity contribution in [2.75, 3.05) is 0 Å². The van der Waals surface area contributed by atoms with Crippen molar-refractivity contribution in [3.8, 4) is 0 Å². The third kappa shape index (κ3) is 6.72. The Kier molecular flexibility index (Phi) is 5.61. The quantitative estimate of drug-likeness (QED) is 0.572. The van der Waals surface area contributed by atoms with Gasteiger partial charge in [0.15, 0.2) is 0 Å². The molecule has 0 rings (SSSR count). The largest absolute Gasteiger partial charge is 0.480 e. The maximum absolute atomic E-state index is 11.6. The van der Waals surface area contributed by atoms with Gasteiger partial charge in [0.2, 0.25) is 5.91 Å². The van der Waals surface area contributed by atoms with Crippen molar-refractivity contribution in [1.82, 2.24) is 16.0 Å². The second-order valence-electron chi connectivity index (χ2n) is 5.14. The number of rotatable bonds is 4. The van der Waals surface area contributed by atoms with E-state index in [4.69, 9.17) is 5.11 Å². The monoisotopic (exact) mass is 259 g/mol. The van der Waals surface area contributed by atoms with Crippen molar-refractivity contribution in [2.45, 2.75) is 52.2 Å². The molecule has 2 atom stereocenters. The molecule has 0 aliphatic heterocycles. The lowest BCUT2D eigenvalue weighted by molar-refractivity contribution is -0.138. The molecule has 0 bridgehead atoms. The first-order valence-corrected chi connectivity index (χ1v) is 5.65. The van der Waals surface area contributed by atoms with Gasteiger partial charge >= 0.3 is 12.0 Å². The van der Waals surface area contributed by atoms with Gasteiger partial charge in [0.05, 0.1) is 0 Å². The molecule has 0 aromatic rings. The lowest BCUT2D eigenvalue weighted by atomic mass is 10.1. The molecule has 1 unspecified atom stereocenters. The highest BCUT2D eigenvalue weighted by Crippen LogP contribution is 1.99. The Labute approximate surface area is 106 Å². The summed E-state index contributed by atoms with van der Waals surface area (Å²) in [6.07, 6.45) is 0. The number of carboxylic acids is 1. The van der Waals surface area contributed by atoms with Crippen LogP contribution >= 0.6 is 0 Å². The highest BCUT2D eigenvalue weighted by molar-refractivity contribution is 5.88. The number of urea groups is 1. The Balaban J connectivity index is 4.23. The smallest absolute Gasteiger partial charge is 0.325 e. The fourth-order valence-corrected chi connectivity index (χ4v) is 1.04. The second kappa shape index (κ2) is 6.23. The zero-order chi connectivity index (χ0) is 14.5. The summed E-state index contributed by atoms with van der Waals surface area (Å²) in [6.45, 7) is 8.33. The summed E-state index contributed by atoms with van der Waals surface area (Å²) >= 11 is 0. The lowest BCUT2D eigenvalue weighted by Gasteiger charge is -2.24. The molecule has 0 aromatic heterocycles. The van der Waals surface area contributed by atoms with Crippen LogP contribution in [-0.2, 0) is 9.59 Å². The highest BCUT2D eigenvalue weighted by Gasteiger charge is 2.22. The molecule has 0 aliphatic rings. The van der Waals surface area contributed by atoms with Crippen LogP contribution in [0.15, 0.2) is 0 Å². The van der Waals surface area contributed by atoms with E-state index in [9.17, 15) is 14.4 Å². The zero-order valence-electron chi connectivity index (χ0n) is 11.3. The summed E-state index contributed by atoms with van der Waals surface area (Å²) in [4.78, 5) is 33.5. The predicted octanol–water partition coefficient (Wildman–Crippen LogP) is 0.0619. The Morgan fingerprint density at radius 2 is 1.44 bits per heavy atom. The summed E-state index contributed by atoms with van der Waals surface area (Å²) in [7, 11) is 0. The second-order valence-corrected chi connectivity index (χ2v) is 5.14. The van der Waals surface area contributed by atoms with E-state index < -0.39 is 29.6 Å². The van der Waals surface area contributed by atoms with Gasteiger partial charge in [0.25, 0.3) is 0 Å². The van der Waals surface area contributed by atoms with E-state index in [2.05, 4.69) is 16.0 Å². The molecule has 0 aliphatic carbocycles. The summed E-state index contributed by atoms with van der Waals surface area (Å²) in [6, 6.07) is -2.45. The van der Waals surface area contributed by atoms with Crippen LogP contribution < -0.4 is 16.0 Å². The lowest BCUT2D eigenvalue weighted by Crippen LogP contribution is -2.54. The third-order valence-electron chi connectivity index (χ3n) is 1.96. The van der Waals surface area contributed by atoms with Crippen LogP contribution in [0.5, 0.6) is 0 Å². The summed E-state index contributed by atoms with van der Waals surface area (Å²) in [5, 5.41) is 15.9. The van der Waals surface area contributed by atoms with E-state index in [1.165, 1.54) is 13.8 Å². The molecular formula is C11H21N3O4. The van der Waals surface area contributed by atoms with Crippen molar-refractivity contribution < 1.29 is 19.5 Å². The molecule has 0 heterocycles. The van der Waals surface area contributed by atoms with E-state index in [1.54, 1.807) is 0 Å². The van der Waals surface area contributed by atoms with Gasteiger partial charge in [-0.05, 0) is 34.6 Å². The molecule has 18 heavy (non-hydrogen) atoms. The van der Waals surface area contributed by atoms with Gasteiger partial charge in [-0.2, -0.15) is 0 Å². The maximum atomic E-state index is 11.6. The number of nitrogens with one attached hydrogen (secondary N) is 3. The van der Waals surface area contributed by atoms with E-state index in [1.807, 2.05) is 20.8 Å². The van der Waals surface area contributed by atoms with Crippen LogP contribution in [0, 0.1) is 0 Å². The molecule has 3 amide bonds. The minimum Gasteiger partial charge on any atom is -0.480 e. The number of hydrogen-bond acceptors (Lipinski definition) is 3. The zero-order valence-corrected chi connectivity index (χ0v) is 11.3. The van der Waals surface area contributed by atoms with Gasteiger partial charge in [0, 0.05) is 5.54 Å². The fourth-order valence-electron chi connectivity index (χ4n) is 1.04. The summed E-state index contributed by atoms with van der Waals surface area (Å²) in [5.41, 5.74) is -0.391. The molecule has 7 nitrogen and oxygen atoms in total. The molecule has 0 fully saturated rings. The van der Waals surface area contributed by atoms with E-state index in [0.29, 0.717) is 0 Å². The number of carbonyl (C=O) groups excluding carboxylic acids is 2. The Morgan fingerprint density at radius 1 is 1.00 bits per heavy atom. The van der Waals surface area contributed by atoms with Crippen LogP contribution in [0.3, 0.4) is 0 Å². The molecule has 104 valence electrons. The number of aliphatic carboxylic acids is 1. The summed E-state index contributed by atoms with van der Waals surface area (Å²) in [5.74, 6) is -1.47. The third-order valence-corrected chi connectivity index (χ3v) is 1.96. The topological polar surface area (TPSA) is 108 Å². The number of carbonyl (C=O) groups is 3. The molecule has 0 aromatic carbocycles. The van der Waals surface area contributed by atoms with Crippen molar-refractivity contribution in [2.24, 2.45) is 0 Å². The highest BCUT2D eigenvalue weighted by atomic mass is 16.4. The normalized spacial score (nSPS) is 14.3. The Hall–Kier alpha value is -1.79. The number of hydrogen-bond donors (Lipinski definition) is 4. The Morgan fingerprint density at radius 3 is 1.83 bits per heavy atom. The molecule has 7 heteroatoms. The van der Waals surface area contributed by atoms with Crippen LogP contribution in [0.2, 0.25) is 0 Å². The minimum atomic E-state index is -1.14. The standard InChI is InChI=1S/C11H21N3O4/c1-6(8(15)14-11(3,4)5)12-10(18)13-7(2)9(16)17/h6-7H,1-5H3,(H,14,15)(H,16,17)(H2,12,13,18)/t6?,7-/m1/s1. The first kappa shape index (κ1) is 16.2. The first-order chi connectivity index (χ1) is 8.03. The maximum Gasteiger partial charge on any atom is 0.325 e. The van der Waals surface area contributed by atoms with Gasteiger partial charge in [-0.25, -0.2) is 4.79 Å². The van der Waals surface area contributed by atoms with Gasteiger partial charge in [0.1, 0.15) is 12.1 Å². The number of carboxylic acid groups (broad SMARTS) is 1. The molecule has 0 radical (unpaired) electrons. The van der Waals surface area contributed by atoms with E-state index in [0.717, 1.165) is 0 Å². The van der Waals surface area contributed by atoms with Crippen LogP contribution in [0.25, 0.3) is 0 Å². The number of amides is 3. The molecule has 0 saturated carbocycles. The molecular weight excluding hydrogens is 238 g/mol. The molecule has 0 spiro atoms. The van der Waals surface area contributed by atoms with Gasteiger partial charge < -0.3 is 21.1 Å². The first-order valence-electron chi connectivity index (χ1n) is 5.65. The summed E-state index contributed by atoms with van der Waals surface area (Å²) < 4.78 is 0. The van der Waals surface area contributed by atoms with Crippen LogP contribution in [0.4, 0.5) is 4.79 Å². The average Bonchev–Trinajstić information content (AvgIpc) is 2.14. The SMILES string of the molecule is CC(NC(=O)N[C@H](C)C(=O)O)C(=O)NC(C)(C)C. The minimum absolute atomic E-state index is 0.333. The van der Waals surface area contributed by atoms with Crippen molar-refractivity contribution in [1.29, 1.82) is 0 Å². The fraction of sp³-hybridized carbons (Fsp3) is 0.727. The van der Waals surface area contributed by atoms with Crippen molar-refractivity contribution in [3.63, 3.8) is 0 Å². The molecule has 0 saturated heterocycles. The average molecular weight is 259 g/mol. The van der Waals surface area contributed by atoms with Gasteiger partial charge in [-0.3, -0.25) is 9.59 Å². The predicted molar refractivity (Wildman–Crippen MR) is 66.1 cm³/mol. The van der Waals surface area contributed by atoms with Crippen molar-refractivity contribution in [3.05, 3.63) is 0 Å². The Bertz CT molecular complexity index is 336. The van der Waals surface area contributed by atoms with Crippen molar-refractivity contribution >= 4 is 17.9 Å². The van der Waals surface area contributed by atoms with E-state index >= 15 is 0 Å². The van der Waals surface area contributed by atoms with E-state index in [-0.39, 0.29) is 5.91 Å². The van der Waals surface area contributed by atoms with Gasteiger partial charge in [-0.1, -0.05) is 0 Å². The van der Waals surface area contributed by atoms with Crippen LogP contribution in [0.1, 0.15) is 34.6 Å². The van der Waals surface area contributed by atoms with Crippen LogP contribution in [-0.4, -0.2) is 40.6 Å². The van der Waals surface area contributed by atoms with Gasteiger partial charge in [-0.15, -0.1) is 0 Å². The molecule has 4 N–H and O–H groups in total.